The maximum absolute atomic E-state index is 10.5. The number of carboxylic acid groups (broad SMARTS) is 1. The summed E-state index contributed by atoms with van der Waals surface area (Å²) in [5, 5.41) is 8.58. The normalized spacial score (nSPS) is 11.4. The summed E-state index contributed by atoms with van der Waals surface area (Å²) in [6, 6.07) is 5.34. The first-order valence-electron chi connectivity index (χ1n) is 3.97. The zero-order valence-corrected chi connectivity index (χ0v) is 9.21. The molecule has 1 aromatic carbocycles. The molecule has 4 heteroatoms. The molecule has 0 saturated heterocycles. The van der Waals surface area contributed by atoms with E-state index in [2.05, 4.69) is 15.9 Å². The van der Waals surface area contributed by atoms with Crippen molar-refractivity contribution in [1.29, 1.82) is 0 Å². The number of carboxylic acids is 1. The fourth-order valence-corrected chi connectivity index (χ4v) is 1.49. The van der Waals surface area contributed by atoms with Gasteiger partial charge in [-0.05, 0) is 30.7 Å². The van der Waals surface area contributed by atoms with E-state index in [1.165, 1.54) is 0 Å². The number of allylic oxidation sites excluding steroid dienone is 1. The summed E-state index contributed by atoms with van der Waals surface area (Å²) in [5.74, 6) is -0.970. The molecule has 3 N–H and O–H groups in total. The Hall–Kier alpha value is -1.29. The van der Waals surface area contributed by atoms with Crippen LogP contribution in [0.15, 0.2) is 28.7 Å². The lowest BCUT2D eigenvalue weighted by Gasteiger charge is -2.05. The summed E-state index contributed by atoms with van der Waals surface area (Å²) in [4.78, 5) is 10.5. The molecule has 0 spiro atoms. The number of rotatable bonds is 2. The van der Waals surface area contributed by atoms with Crippen LogP contribution in [0.5, 0.6) is 0 Å². The summed E-state index contributed by atoms with van der Waals surface area (Å²) in [7, 11) is 0. The molecule has 0 saturated carbocycles. The topological polar surface area (TPSA) is 63.3 Å². The predicted molar refractivity (Wildman–Crippen MR) is 59.8 cm³/mol. The zero-order chi connectivity index (χ0) is 10.7. The molecule has 1 rings (SSSR count). The second-order valence-electron chi connectivity index (χ2n) is 2.90. The third-order valence-corrected chi connectivity index (χ3v) is 2.27. The van der Waals surface area contributed by atoms with Crippen LogP contribution in [0.25, 0.3) is 5.57 Å². The van der Waals surface area contributed by atoms with Crippen LogP contribution in [0.1, 0.15) is 12.5 Å². The maximum Gasteiger partial charge on any atom is 0.328 e. The van der Waals surface area contributed by atoms with Gasteiger partial charge in [0.25, 0.3) is 0 Å². The first-order valence-corrected chi connectivity index (χ1v) is 4.76. The number of benzene rings is 1. The second kappa shape index (κ2) is 4.28. The molecule has 0 aliphatic rings. The van der Waals surface area contributed by atoms with Crippen molar-refractivity contribution in [2.75, 3.05) is 5.73 Å². The van der Waals surface area contributed by atoms with Gasteiger partial charge in [-0.25, -0.2) is 4.79 Å². The number of hydrogen-bond acceptors (Lipinski definition) is 2. The van der Waals surface area contributed by atoms with Crippen LogP contribution < -0.4 is 5.73 Å². The van der Waals surface area contributed by atoms with Crippen LogP contribution in [-0.2, 0) is 4.79 Å². The molecule has 3 nitrogen and oxygen atoms in total. The van der Waals surface area contributed by atoms with E-state index < -0.39 is 5.97 Å². The molecule has 0 radical (unpaired) electrons. The zero-order valence-electron chi connectivity index (χ0n) is 7.62. The van der Waals surface area contributed by atoms with E-state index in [0.717, 1.165) is 16.1 Å². The van der Waals surface area contributed by atoms with Crippen molar-refractivity contribution < 1.29 is 9.90 Å². The molecule has 0 aliphatic carbocycles. The largest absolute Gasteiger partial charge is 0.478 e. The molecule has 0 atom stereocenters. The van der Waals surface area contributed by atoms with E-state index in [4.69, 9.17) is 10.8 Å². The maximum atomic E-state index is 10.5. The molecule has 0 amide bonds. The molecule has 0 bridgehead atoms. The van der Waals surface area contributed by atoms with Crippen molar-refractivity contribution in [2.24, 2.45) is 0 Å². The summed E-state index contributed by atoms with van der Waals surface area (Å²) in [6.07, 6.45) is 1.14. The number of halogens is 1. The Kier molecular flexibility index (Phi) is 3.30. The Labute approximate surface area is 90.4 Å². The van der Waals surface area contributed by atoms with Crippen molar-refractivity contribution in [2.45, 2.75) is 6.92 Å². The third-order valence-electron chi connectivity index (χ3n) is 1.78. The van der Waals surface area contributed by atoms with Gasteiger partial charge in [0.05, 0.1) is 0 Å². The smallest absolute Gasteiger partial charge is 0.328 e. The Morgan fingerprint density at radius 3 is 2.79 bits per heavy atom. The Balaban J connectivity index is 3.18. The number of nitrogens with two attached hydrogens (primary N) is 1. The Morgan fingerprint density at radius 2 is 2.21 bits per heavy atom. The van der Waals surface area contributed by atoms with E-state index >= 15 is 0 Å². The first-order chi connectivity index (χ1) is 6.50. The molecular formula is C10H10BrNO2. The molecule has 0 unspecified atom stereocenters. The average Bonchev–Trinajstić information content (AvgIpc) is 2.08. The first kappa shape index (κ1) is 10.8. The van der Waals surface area contributed by atoms with Crippen LogP contribution in [0, 0.1) is 0 Å². The van der Waals surface area contributed by atoms with Crippen molar-refractivity contribution in [3.05, 3.63) is 34.3 Å². The van der Waals surface area contributed by atoms with Gasteiger partial charge in [0.2, 0.25) is 0 Å². The lowest BCUT2D eigenvalue weighted by molar-refractivity contribution is -0.131. The van der Waals surface area contributed by atoms with Gasteiger partial charge in [0.1, 0.15) is 0 Å². The van der Waals surface area contributed by atoms with Crippen LogP contribution in [0.3, 0.4) is 0 Å². The SMILES string of the molecule is CC(=CC(=O)O)c1cc(Br)ccc1N. The van der Waals surface area contributed by atoms with Crippen LogP contribution >= 0.6 is 15.9 Å². The van der Waals surface area contributed by atoms with Gasteiger partial charge >= 0.3 is 5.97 Å². The summed E-state index contributed by atoms with van der Waals surface area (Å²) < 4.78 is 0.875. The van der Waals surface area contributed by atoms with Crippen molar-refractivity contribution in [1.82, 2.24) is 0 Å². The standard InChI is InChI=1S/C10H10BrNO2/c1-6(4-10(13)14)8-5-7(11)2-3-9(8)12/h2-5H,12H2,1H3,(H,13,14). The fourth-order valence-electron chi connectivity index (χ4n) is 1.13. The second-order valence-corrected chi connectivity index (χ2v) is 3.81. The summed E-state index contributed by atoms with van der Waals surface area (Å²) in [6.45, 7) is 1.71. The fraction of sp³-hybridized carbons (Fsp3) is 0.100. The van der Waals surface area contributed by atoms with Crippen molar-refractivity contribution >= 4 is 33.2 Å². The van der Waals surface area contributed by atoms with Gasteiger partial charge in [-0.1, -0.05) is 15.9 Å². The number of anilines is 1. The van der Waals surface area contributed by atoms with Gasteiger partial charge in [0, 0.05) is 21.8 Å². The minimum absolute atomic E-state index is 0.572. The van der Waals surface area contributed by atoms with E-state index in [1.807, 2.05) is 6.07 Å². The highest BCUT2D eigenvalue weighted by Crippen LogP contribution is 2.24. The molecule has 0 heterocycles. The molecule has 74 valence electrons. The quantitative estimate of drug-likeness (QED) is 0.631. The van der Waals surface area contributed by atoms with Gasteiger partial charge in [-0.3, -0.25) is 0 Å². The van der Waals surface area contributed by atoms with Crippen LogP contribution in [0.2, 0.25) is 0 Å². The monoisotopic (exact) mass is 255 g/mol. The minimum Gasteiger partial charge on any atom is -0.478 e. The summed E-state index contributed by atoms with van der Waals surface area (Å²) >= 11 is 3.30. The van der Waals surface area contributed by atoms with Gasteiger partial charge < -0.3 is 10.8 Å². The van der Waals surface area contributed by atoms with Crippen LogP contribution in [-0.4, -0.2) is 11.1 Å². The van der Waals surface area contributed by atoms with E-state index in [1.54, 1.807) is 19.1 Å². The number of nitrogen functional groups attached to an aromatic ring is 1. The van der Waals surface area contributed by atoms with Gasteiger partial charge in [-0.2, -0.15) is 0 Å². The third kappa shape index (κ3) is 2.60. The van der Waals surface area contributed by atoms with Crippen molar-refractivity contribution in [3.8, 4) is 0 Å². The highest BCUT2D eigenvalue weighted by Gasteiger charge is 2.03. The molecular weight excluding hydrogens is 246 g/mol. The summed E-state index contributed by atoms with van der Waals surface area (Å²) in [5.41, 5.74) is 7.66. The number of carbonyl (C=O) groups is 1. The highest BCUT2D eigenvalue weighted by molar-refractivity contribution is 9.10. The van der Waals surface area contributed by atoms with Crippen LogP contribution in [0.4, 0.5) is 5.69 Å². The lowest BCUT2D eigenvalue weighted by Crippen LogP contribution is -1.95. The lowest BCUT2D eigenvalue weighted by atomic mass is 10.1. The minimum atomic E-state index is -0.970. The Morgan fingerprint density at radius 1 is 1.57 bits per heavy atom. The Bertz CT molecular complexity index is 399. The number of hydrogen-bond donors (Lipinski definition) is 2. The average molecular weight is 256 g/mol. The highest BCUT2D eigenvalue weighted by atomic mass is 79.9. The molecule has 0 aliphatic heterocycles. The van der Waals surface area contributed by atoms with E-state index in [0.29, 0.717) is 11.3 Å². The molecule has 0 aromatic heterocycles. The molecule has 14 heavy (non-hydrogen) atoms. The molecule has 0 fully saturated rings. The van der Waals surface area contributed by atoms with Crippen molar-refractivity contribution in [3.63, 3.8) is 0 Å². The van der Waals surface area contributed by atoms with E-state index in [9.17, 15) is 4.79 Å². The molecule has 1 aromatic rings. The predicted octanol–water partition coefficient (Wildman–Crippen LogP) is 2.52. The van der Waals surface area contributed by atoms with Gasteiger partial charge in [-0.15, -0.1) is 0 Å². The number of aliphatic carboxylic acids is 1. The van der Waals surface area contributed by atoms with E-state index in [-0.39, 0.29) is 0 Å². The van der Waals surface area contributed by atoms with Gasteiger partial charge in [0.15, 0.2) is 0 Å².